The van der Waals surface area contributed by atoms with Crippen LogP contribution in [0.25, 0.3) is 0 Å². The lowest BCUT2D eigenvalue weighted by Gasteiger charge is -2.27. The molecular weight excluding hydrogens is 453 g/mol. The summed E-state index contributed by atoms with van der Waals surface area (Å²) in [6.45, 7) is 1.37. The molecule has 0 unspecified atom stereocenters. The van der Waals surface area contributed by atoms with Crippen LogP contribution in [0, 0.1) is 0 Å². The molecule has 0 atom stereocenters. The molecule has 2 aromatic carbocycles. The minimum Gasteiger partial charge on any atom is -0.497 e. The number of rotatable bonds is 7. The van der Waals surface area contributed by atoms with E-state index in [2.05, 4.69) is 21.7 Å². The molecule has 2 N–H and O–H groups in total. The molecule has 5 nitrogen and oxygen atoms in total. The standard InChI is InChI=1S/C21H27N3O2.HI/c1-22-21(23-14-16-10-12-18(25-2)13-11-16)24-15-17-6-3-4-9-20(17)26-19-7-5-8-19;/h3-4,6,9-13,19H,5,7-8,14-15H2,1-2H3,(H2,22,23,24);1H. The first-order chi connectivity index (χ1) is 12.8. The zero-order valence-corrected chi connectivity index (χ0v) is 18.2. The van der Waals surface area contributed by atoms with Crippen molar-refractivity contribution in [3.8, 4) is 11.5 Å². The summed E-state index contributed by atoms with van der Waals surface area (Å²) >= 11 is 0. The highest BCUT2D eigenvalue weighted by Gasteiger charge is 2.20. The van der Waals surface area contributed by atoms with Gasteiger partial charge in [0.05, 0.1) is 13.2 Å². The Bertz CT molecular complexity index is 730. The summed E-state index contributed by atoms with van der Waals surface area (Å²) in [7, 11) is 3.45. The van der Waals surface area contributed by atoms with Crippen LogP contribution in [0.5, 0.6) is 11.5 Å². The highest BCUT2D eigenvalue weighted by Crippen LogP contribution is 2.27. The third-order valence-electron chi connectivity index (χ3n) is 4.61. The van der Waals surface area contributed by atoms with E-state index in [1.165, 1.54) is 12.0 Å². The Balaban J connectivity index is 0.00000261. The summed E-state index contributed by atoms with van der Waals surface area (Å²) in [5, 5.41) is 6.70. The van der Waals surface area contributed by atoms with E-state index in [1.807, 2.05) is 42.5 Å². The van der Waals surface area contributed by atoms with Gasteiger partial charge in [-0.2, -0.15) is 0 Å². The lowest BCUT2D eigenvalue weighted by Crippen LogP contribution is -2.36. The van der Waals surface area contributed by atoms with E-state index in [-0.39, 0.29) is 24.0 Å². The predicted octanol–water partition coefficient (Wildman–Crippen LogP) is 4.11. The van der Waals surface area contributed by atoms with Gasteiger partial charge in [0.25, 0.3) is 0 Å². The van der Waals surface area contributed by atoms with Gasteiger partial charge in [-0.15, -0.1) is 24.0 Å². The lowest BCUT2D eigenvalue weighted by molar-refractivity contribution is 0.119. The molecule has 146 valence electrons. The molecule has 0 aliphatic heterocycles. The van der Waals surface area contributed by atoms with Crippen LogP contribution in [0.4, 0.5) is 0 Å². The molecule has 2 aromatic rings. The molecule has 27 heavy (non-hydrogen) atoms. The van der Waals surface area contributed by atoms with Gasteiger partial charge < -0.3 is 20.1 Å². The van der Waals surface area contributed by atoms with Gasteiger partial charge in [0, 0.05) is 25.7 Å². The Hall–Kier alpha value is -1.96. The molecule has 3 rings (SSSR count). The highest BCUT2D eigenvalue weighted by molar-refractivity contribution is 14.0. The predicted molar refractivity (Wildman–Crippen MR) is 120 cm³/mol. The normalized spacial score (nSPS) is 13.9. The summed E-state index contributed by atoms with van der Waals surface area (Å²) in [5.74, 6) is 2.59. The molecule has 0 spiro atoms. The van der Waals surface area contributed by atoms with E-state index in [4.69, 9.17) is 9.47 Å². The number of methoxy groups -OCH3 is 1. The van der Waals surface area contributed by atoms with Crippen LogP contribution in [-0.4, -0.2) is 26.2 Å². The second-order valence-corrected chi connectivity index (χ2v) is 6.41. The third-order valence-corrected chi connectivity index (χ3v) is 4.61. The van der Waals surface area contributed by atoms with Crippen LogP contribution in [-0.2, 0) is 13.1 Å². The smallest absolute Gasteiger partial charge is 0.191 e. The first-order valence-corrected chi connectivity index (χ1v) is 9.10. The summed E-state index contributed by atoms with van der Waals surface area (Å²) < 4.78 is 11.3. The molecule has 0 radical (unpaired) electrons. The number of ether oxygens (including phenoxy) is 2. The minimum absolute atomic E-state index is 0. The number of guanidine groups is 1. The lowest BCUT2D eigenvalue weighted by atomic mass is 9.96. The third kappa shape index (κ3) is 6.30. The van der Waals surface area contributed by atoms with Crippen molar-refractivity contribution in [1.82, 2.24) is 10.6 Å². The van der Waals surface area contributed by atoms with Crippen LogP contribution in [0.3, 0.4) is 0 Å². The van der Waals surface area contributed by atoms with E-state index >= 15 is 0 Å². The Labute approximate surface area is 178 Å². The summed E-state index contributed by atoms with van der Waals surface area (Å²) in [4.78, 5) is 4.30. The van der Waals surface area contributed by atoms with Crippen molar-refractivity contribution >= 4 is 29.9 Å². The molecule has 1 fully saturated rings. The minimum atomic E-state index is 0. The van der Waals surface area contributed by atoms with Crippen LogP contribution < -0.4 is 20.1 Å². The average Bonchev–Trinajstić information content (AvgIpc) is 2.66. The maximum Gasteiger partial charge on any atom is 0.191 e. The average molecular weight is 481 g/mol. The number of nitrogens with zero attached hydrogens (tertiary/aromatic N) is 1. The fourth-order valence-electron chi connectivity index (χ4n) is 2.76. The molecule has 0 saturated heterocycles. The van der Waals surface area contributed by atoms with Crippen LogP contribution in [0.1, 0.15) is 30.4 Å². The van der Waals surface area contributed by atoms with E-state index in [0.717, 1.165) is 35.9 Å². The van der Waals surface area contributed by atoms with E-state index in [0.29, 0.717) is 19.2 Å². The Morgan fingerprint density at radius 1 is 1.04 bits per heavy atom. The molecule has 1 aliphatic rings. The molecule has 0 heterocycles. The number of aliphatic imine (C=N–C) groups is 1. The maximum atomic E-state index is 6.09. The van der Waals surface area contributed by atoms with Crippen molar-refractivity contribution in [2.24, 2.45) is 4.99 Å². The number of nitrogens with one attached hydrogen (secondary N) is 2. The van der Waals surface area contributed by atoms with Gasteiger partial charge in [-0.25, -0.2) is 0 Å². The monoisotopic (exact) mass is 481 g/mol. The van der Waals surface area contributed by atoms with Crippen molar-refractivity contribution in [3.63, 3.8) is 0 Å². The fraction of sp³-hybridized carbons (Fsp3) is 0.381. The van der Waals surface area contributed by atoms with Gasteiger partial charge in [0.15, 0.2) is 5.96 Å². The second-order valence-electron chi connectivity index (χ2n) is 6.41. The van der Waals surface area contributed by atoms with Crippen molar-refractivity contribution in [1.29, 1.82) is 0 Å². The number of hydrogen-bond acceptors (Lipinski definition) is 3. The summed E-state index contributed by atoms with van der Waals surface area (Å²) in [6.07, 6.45) is 3.97. The SMILES string of the molecule is CN=C(NCc1ccc(OC)cc1)NCc1ccccc1OC1CCC1.I. The van der Waals surface area contributed by atoms with Gasteiger partial charge in [0.2, 0.25) is 0 Å². The van der Waals surface area contributed by atoms with Crippen molar-refractivity contribution in [2.75, 3.05) is 14.2 Å². The number of hydrogen-bond donors (Lipinski definition) is 2. The van der Waals surface area contributed by atoms with Gasteiger partial charge in [0.1, 0.15) is 11.5 Å². The summed E-state index contributed by atoms with van der Waals surface area (Å²) in [6, 6.07) is 16.2. The molecule has 1 saturated carbocycles. The van der Waals surface area contributed by atoms with E-state index < -0.39 is 0 Å². The van der Waals surface area contributed by atoms with Gasteiger partial charge >= 0.3 is 0 Å². The molecule has 0 amide bonds. The second kappa shape index (κ2) is 11.0. The molecule has 6 heteroatoms. The Morgan fingerprint density at radius 2 is 1.74 bits per heavy atom. The van der Waals surface area contributed by atoms with Crippen molar-refractivity contribution in [3.05, 3.63) is 59.7 Å². The zero-order valence-electron chi connectivity index (χ0n) is 15.9. The van der Waals surface area contributed by atoms with Gasteiger partial charge in [-0.3, -0.25) is 4.99 Å². The quantitative estimate of drug-likeness (QED) is 0.355. The van der Waals surface area contributed by atoms with Gasteiger partial charge in [-0.05, 0) is 43.0 Å². The van der Waals surface area contributed by atoms with Crippen molar-refractivity contribution < 1.29 is 9.47 Å². The topological polar surface area (TPSA) is 54.9 Å². The van der Waals surface area contributed by atoms with Crippen LogP contribution >= 0.6 is 24.0 Å². The fourth-order valence-corrected chi connectivity index (χ4v) is 2.76. The molecule has 1 aliphatic carbocycles. The molecular formula is C21H28IN3O2. The van der Waals surface area contributed by atoms with Crippen LogP contribution in [0.2, 0.25) is 0 Å². The Morgan fingerprint density at radius 3 is 2.37 bits per heavy atom. The first kappa shape index (κ1) is 21.3. The van der Waals surface area contributed by atoms with Gasteiger partial charge in [-0.1, -0.05) is 30.3 Å². The number of halogens is 1. The van der Waals surface area contributed by atoms with E-state index in [1.54, 1.807) is 14.2 Å². The van der Waals surface area contributed by atoms with Crippen molar-refractivity contribution in [2.45, 2.75) is 38.5 Å². The molecule has 0 bridgehead atoms. The highest BCUT2D eigenvalue weighted by atomic mass is 127. The number of benzene rings is 2. The zero-order chi connectivity index (χ0) is 18.2. The molecule has 0 aromatic heterocycles. The first-order valence-electron chi connectivity index (χ1n) is 9.10. The maximum absolute atomic E-state index is 6.09. The number of para-hydroxylation sites is 1. The van der Waals surface area contributed by atoms with Crippen LogP contribution in [0.15, 0.2) is 53.5 Å². The summed E-state index contributed by atoms with van der Waals surface area (Å²) in [5.41, 5.74) is 2.31. The Kier molecular flexibility index (Phi) is 8.71. The van der Waals surface area contributed by atoms with E-state index in [9.17, 15) is 0 Å². The largest absolute Gasteiger partial charge is 0.497 e.